The van der Waals surface area contributed by atoms with Crippen molar-refractivity contribution in [2.24, 2.45) is 5.92 Å². The number of rotatable bonds is 4. The number of carbonyl (C=O) groups excluding carboxylic acids is 2. The van der Waals surface area contributed by atoms with Crippen LogP contribution in [0.4, 0.5) is 0 Å². The summed E-state index contributed by atoms with van der Waals surface area (Å²) in [7, 11) is 1.55. The zero-order chi connectivity index (χ0) is 13.0. The lowest BCUT2D eigenvalue weighted by molar-refractivity contribution is -0.141. The van der Waals surface area contributed by atoms with Crippen LogP contribution in [0.2, 0.25) is 0 Å². The molecule has 2 atom stereocenters. The number of hydrogen-bond acceptors (Lipinski definition) is 3. The summed E-state index contributed by atoms with van der Waals surface area (Å²) in [5, 5.41) is 11.6. The third kappa shape index (κ3) is 4.05. The molecule has 0 aromatic heterocycles. The maximum absolute atomic E-state index is 11.5. The minimum Gasteiger partial charge on any atom is -0.481 e. The average molecular weight is 242 g/mol. The second kappa shape index (κ2) is 5.65. The molecule has 6 heteroatoms. The van der Waals surface area contributed by atoms with Gasteiger partial charge in [0, 0.05) is 20.0 Å². The van der Waals surface area contributed by atoms with Gasteiger partial charge in [0.1, 0.15) is 0 Å². The molecule has 1 rings (SSSR count). The molecule has 0 spiro atoms. The van der Waals surface area contributed by atoms with Crippen LogP contribution in [-0.2, 0) is 14.4 Å². The third-order valence-corrected chi connectivity index (χ3v) is 3.07. The largest absolute Gasteiger partial charge is 0.481 e. The zero-order valence-corrected chi connectivity index (χ0v) is 10.1. The maximum atomic E-state index is 11.5. The highest BCUT2D eigenvalue weighted by molar-refractivity contribution is 5.83. The second-order valence-corrected chi connectivity index (χ2v) is 4.49. The molecule has 0 aliphatic heterocycles. The van der Waals surface area contributed by atoms with Gasteiger partial charge in [0.05, 0.1) is 12.5 Å². The molecule has 0 radical (unpaired) electrons. The highest BCUT2D eigenvalue weighted by Crippen LogP contribution is 2.25. The van der Waals surface area contributed by atoms with E-state index in [9.17, 15) is 14.4 Å². The Morgan fingerprint density at radius 3 is 2.47 bits per heavy atom. The molecular weight excluding hydrogens is 224 g/mol. The first-order valence-corrected chi connectivity index (χ1v) is 5.64. The third-order valence-electron chi connectivity index (χ3n) is 3.07. The fourth-order valence-corrected chi connectivity index (χ4v) is 1.94. The van der Waals surface area contributed by atoms with E-state index in [-0.39, 0.29) is 30.3 Å². The second-order valence-electron chi connectivity index (χ2n) is 4.49. The summed E-state index contributed by atoms with van der Waals surface area (Å²) in [5.41, 5.74) is 0. The number of carboxylic acid groups (broad SMARTS) is 1. The fourth-order valence-electron chi connectivity index (χ4n) is 1.94. The molecule has 0 unspecified atom stereocenters. The van der Waals surface area contributed by atoms with E-state index in [2.05, 4.69) is 5.32 Å². The van der Waals surface area contributed by atoms with E-state index in [1.165, 1.54) is 11.8 Å². The van der Waals surface area contributed by atoms with Gasteiger partial charge in [-0.25, -0.2) is 0 Å². The van der Waals surface area contributed by atoms with Crippen molar-refractivity contribution < 1.29 is 19.5 Å². The van der Waals surface area contributed by atoms with E-state index >= 15 is 0 Å². The van der Waals surface area contributed by atoms with Crippen molar-refractivity contribution in [1.29, 1.82) is 0 Å². The van der Waals surface area contributed by atoms with Gasteiger partial charge in [0.2, 0.25) is 11.8 Å². The number of likely N-dealkylation sites (N-methyl/N-ethyl adjacent to an activating group) is 1. The van der Waals surface area contributed by atoms with Gasteiger partial charge < -0.3 is 15.3 Å². The van der Waals surface area contributed by atoms with Crippen LogP contribution in [0.5, 0.6) is 0 Å². The van der Waals surface area contributed by atoms with E-state index < -0.39 is 5.97 Å². The van der Waals surface area contributed by atoms with Gasteiger partial charge in [0.25, 0.3) is 0 Å². The first-order chi connectivity index (χ1) is 7.90. The van der Waals surface area contributed by atoms with E-state index in [0.29, 0.717) is 19.3 Å². The van der Waals surface area contributed by atoms with Gasteiger partial charge in [-0.3, -0.25) is 14.4 Å². The molecule has 2 N–H and O–H groups in total. The van der Waals surface area contributed by atoms with Crippen molar-refractivity contribution in [3.8, 4) is 0 Å². The molecule has 0 bridgehead atoms. The molecule has 1 aliphatic rings. The number of carbonyl (C=O) groups is 3. The van der Waals surface area contributed by atoms with Crippen LogP contribution in [0.25, 0.3) is 0 Å². The van der Waals surface area contributed by atoms with Gasteiger partial charge in [0.15, 0.2) is 0 Å². The number of nitrogens with zero attached hydrogens (tertiary/aromatic N) is 1. The van der Waals surface area contributed by atoms with Crippen LogP contribution in [0.3, 0.4) is 0 Å². The predicted octanol–water partition coefficient (Wildman–Crippen LogP) is -0.166. The minimum absolute atomic E-state index is 0.0174. The molecule has 0 saturated heterocycles. The number of hydrogen-bond donors (Lipinski definition) is 2. The summed E-state index contributed by atoms with van der Waals surface area (Å²) < 4.78 is 0. The van der Waals surface area contributed by atoms with Crippen LogP contribution < -0.4 is 5.32 Å². The van der Waals surface area contributed by atoms with Gasteiger partial charge in [-0.05, 0) is 19.3 Å². The quantitative estimate of drug-likeness (QED) is 0.717. The summed E-state index contributed by atoms with van der Waals surface area (Å²) in [6, 6.07) is -0.0797. The Morgan fingerprint density at radius 1 is 1.35 bits per heavy atom. The smallest absolute Gasteiger partial charge is 0.306 e. The van der Waals surface area contributed by atoms with E-state index in [1.54, 1.807) is 7.05 Å². The molecule has 0 aromatic carbocycles. The maximum Gasteiger partial charge on any atom is 0.306 e. The van der Waals surface area contributed by atoms with Gasteiger partial charge in [-0.1, -0.05) is 0 Å². The highest BCUT2D eigenvalue weighted by Gasteiger charge is 2.30. The molecule has 6 nitrogen and oxygen atoms in total. The molecule has 2 amide bonds. The standard InChI is InChI=1S/C11H18N2O4/c1-7(14)13(2)6-10(15)12-9-4-3-8(5-9)11(16)17/h8-9H,3-6H2,1-2H3,(H,12,15)(H,16,17)/t8-,9+/m1/s1. The molecule has 17 heavy (non-hydrogen) atoms. The summed E-state index contributed by atoms with van der Waals surface area (Å²) in [6.07, 6.45) is 1.76. The van der Waals surface area contributed by atoms with Crippen LogP contribution in [-0.4, -0.2) is 47.4 Å². The lowest BCUT2D eigenvalue weighted by Crippen LogP contribution is -2.41. The van der Waals surface area contributed by atoms with Gasteiger partial charge in [-0.2, -0.15) is 0 Å². The average Bonchev–Trinajstić information content (AvgIpc) is 2.65. The summed E-state index contributed by atoms with van der Waals surface area (Å²) in [5.74, 6) is -1.57. The van der Waals surface area contributed by atoms with Gasteiger partial charge in [-0.15, -0.1) is 0 Å². The Balaban J connectivity index is 2.33. The molecule has 1 saturated carbocycles. The molecule has 0 heterocycles. The van der Waals surface area contributed by atoms with Crippen LogP contribution in [0.15, 0.2) is 0 Å². The number of carboxylic acids is 1. The van der Waals surface area contributed by atoms with Crippen molar-refractivity contribution in [2.75, 3.05) is 13.6 Å². The van der Waals surface area contributed by atoms with E-state index in [0.717, 1.165) is 0 Å². The predicted molar refractivity (Wildman–Crippen MR) is 60.2 cm³/mol. The van der Waals surface area contributed by atoms with Crippen molar-refractivity contribution in [2.45, 2.75) is 32.2 Å². The monoisotopic (exact) mass is 242 g/mol. The molecule has 0 aromatic rings. The van der Waals surface area contributed by atoms with E-state index in [4.69, 9.17) is 5.11 Å². The highest BCUT2D eigenvalue weighted by atomic mass is 16.4. The lowest BCUT2D eigenvalue weighted by Gasteiger charge is -2.17. The first-order valence-electron chi connectivity index (χ1n) is 5.64. The Labute approximate surface area is 100.0 Å². The van der Waals surface area contributed by atoms with Crippen molar-refractivity contribution in [1.82, 2.24) is 10.2 Å². The number of aliphatic carboxylic acids is 1. The van der Waals surface area contributed by atoms with Crippen molar-refractivity contribution in [3.05, 3.63) is 0 Å². The molecule has 1 aliphatic carbocycles. The Morgan fingerprint density at radius 2 is 2.00 bits per heavy atom. The Kier molecular flexibility index (Phi) is 4.48. The number of amides is 2. The normalized spacial score (nSPS) is 23.2. The summed E-state index contributed by atoms with van der Waals surface area (Å²) in [4.78, 5) is 34.5. The molecule has 1 fully saturated rings. The minimum atomic E-state index is -0.803. The van der Waals surface area contributed by atoms with Crippen LogP contribution >= 0.6 is 0 Å². The molecule has 96 valence electrons. The first kappa shape index (κ1) is 13.5. The van der Waals surface area contributed by atoms with E-state index in [1.807, 2.05) is 0 Å². The van der Waals surface area contributed by atoms with Crippen LogP contribution in [0.1, 0.15) is 26.2 Å². The molecular formula is C11H18N2O4. The SMILES string of the molecule is CC(=O)N(C)CC(=O)N[C@H]1CC[C@@H](C(=O)O)C1. The number of nitrogens with one attached hydrogen (secondary N) is 1. The van der Waals surface area contributed by atoms with Crippen molar-refractivity contribution >= 4 is 17.8 Å². The Hall–Kier alpha value is -1.59. The Bertz CT molecular complexity index is 329. The fraction of sp³-hybridized carbons (Fsp3) is 0.727. The van der Waals surface area contributed by atoms with Gasteiger partial charge >= 0.3 is 5.97 Å². The van der Waals surface area contributed by atoms with Crippen LogP contribution in [0, 0.1) is 5.92 Å². The summed E-state index contributed by atoms with van der Waals surface area (Å²) in [6.45, 7) is 1.41. The van der Waals surface area contributed by atoms with Crippen molar-refractivity contribution in [3.63, 3.8) is 0 Å². The zero-order valence-electron chi connectivity index (χ0n) is 10.1. The summed E-state index contributed by atoms with van der Waals surface area (Å²) >= 11 is 0. The topological polar surface area (TPSA) is 86.7 Å². The lowest BCUT2D eigenvalue weighted by atomic mass is 10.1.